The second-order valence-corrected chi connectivity index (χ2v) is 11.5. The molecule has 0 spiro atoms. The summed E-state index contributed by atoms with van der Waals surface area (Å²) in [5, 5.41) is 11.9. The van der Waals surface area contributed by atoms with E-state index in [1.165, 1.54) is 69.7 Å². The zero-order chi connectivity index (χ0) is 25.3. The Kier molecular flexibility index (Phi) is 9.70. The van der Waals surface area contributed by atoms with Crippen LogP contribution in [0.25, 0.3) is 10.2 Å². The highest BCUT2D eigenvalue weighted by atomic mass is 32.2. The molecule has 36 heavy (non-hydrogen) atoms. The van der Waals surface area contributed by atoms with Crippen LogP contribution >= 0.6 is 23.3 Å². The number of benzene rings is 2. The first-order valence-electron chi connectivity index (χ1n) is 12.7. The van der Waals surface area contributed by atoms with Crippen LogP contribution in [0.5, 0.6) is 5.75 Å². The Hall–Kier alpha value is -2.51. The molecule has 9 heteroatoms. The van der Waals surface area contributed by atoms with Crippen LogP contribution in [0.3, 0.4) is 0 Å². The Labute approximate surface area is 222 Å². The van der Waals surface area contributed by atoms with Crippen LogP contribution in [0, 0.1) is 17.2 Å². The summed E-state index contributed by atoms with van der Waals surface area (Å²) < 4.78 is 10.3. The molecule has 0 amide bonds. The molecule has 1 aromatic heterocycles. The monoisotopic (exact) mass is 524 g/mol. The van der Waals surface area contributed by atoms with Gasteiger partial charge in [0, 0.05) is 23.7 Å². The zero-order valence-electron chi connectivity index (χ0n) is 20.9. The molecule has 0 bridgehead atoms. The fraction of sp³-hybridized carbons (Fsp3) is 0.481. The number of ether oxygens (including phenoxy) is 1. The van der Waals surface area contributed by atoms with Gasteiger partial charge in [-0.15, -0.1) is 0 Å². The molecule has 3 aromatic rings. The molecule has 192 valence electrons. The number of hydrogen-bond donors (Lipinski definition) is 3. The number of nitrogens with zero attached hydrogens (tertiary/aromatic N) is 3. The molecule has 2 aliphatic carbocycles. The summed E-state index contributed by atoms with van der Waals surface area (Å²) in [7, 11) is 1.97. The van der Waals surface area contributed by atoms with Crippen LogP contribution in [0.4, 0.5) is 10.8 Å². The van der Waals surface area contributed by atoms with Gasteiger partial charge >= 0.3 is 0 Å². The zero-order valence-corrected chi connectivity index (χ0v) is 22.5. The summed E-state index contributed by atoms with van der Waals surface area (Å²) in [6, 6.07) is 14.2. The molecule has 2 aliphatic rings. The molecule has 7 nitrogen and oxygen atoms in total. The first-order valence-corrected chi connectivity index (χ1v) is 14.4. The van der Waals surface area contributed by atoms with Crippen molar-refractivity contribution >= 4 is 44.3 Å². The van der Waals surface area contributed by atoms with Crippen molar-refractivity contribution in [1.82, 2.24) is 9.99 Å². The van der Waals surface area contributed by atoms with Crippen LogP contribution in [-0.4, -0.2) is 29.7 Å². The number of hydrazine groups is 1. The molecule has 5 rings (SSSR count). The highest BCUT2D eigenvalue weighted by Gasteiger charge is 2.16. The van der Waals surface area contributed by atoms with Crippen molar-refractivity contribution in [2.75, 3.05) is 24.1 Å². The van der Waals surface area contributed by atoms with Crippen LogP contribution in [-0.2, 0) is 0 Å². The minimum Gasteiger partial charge on any atom is -0.493 e. The molecular weight excluding hydrogens is 488 g/mol. The SMILES string of the molecule is CN(N)C1CCCCC1.N#Cc1cc(N)ccc1SNc1nc2ccc(OCC3CCCC3)cc2s1. The summed E-state index contributed by atoms with van der Waals surface area (Å²) in [4.78, 5) is 5.43. The van der Waals surface area contributed by atoms with E-state index in [-0.39, 0.29) is 0 Å². The number of thiazole rings is 1. The third-order valence-electron chi connectivity index (χ3n) is 6.84. The second kappa shape index (κ2) is 13.2. The van der Waals surface area contributed by atoms with Gasteiger partial charge in [0.2, 0.25) is 0 Å². The van der Waals surface area contributed by atoms with Crippen molar-refractivity contribution in [3.63, 3.8) is 0 Å². The summed E-state index contributed by atoms with van der Waals surface area (Å²) in [6.07, 6.45) is 12.0. The second-order valence-electron chi connectivity index (χ2n) is 9.64. The van der Waals surface area contributed by atoms with E-state index in [0.717, 1.165) is 32.6 Å². The van der Waals surface area contributed by atoms with E-state index in [9.17, 15) is 5.26 Å². The third-order valence-corrected chi connectivity index (χ3v) is 8.78. The van der Waals surface area contributed by atoms with Crippen LogP contribution in [0.15, 0.2) is 41.3 Å². The predicted molar refractivity (Wildman–Crippen MR) is 151 cm³/mol. The summed E-state index contributed by atoms with van der Waals surface area (Å²) >= 11 is 2.94. The quantitative estimate of drug-likeness (QED) is 0.138. The van der Waals surface area contributed by atoms with Crippen molar-refractivity contribution in [2.45, 2.75) is 68.7 Å². The summed E-state index contributed by atoms with van der Waals surface area (Å²) in [5.41, 5.74) is 7.81. The van der Waals surface area contributed by atoms with Gasteiger partial charge < -0.3 is 15.2 Å². The highest BCUT2D eigenvalue weighted by Crippen LogP contribution is 2.33. The van der Waals surface area contributed by atoms with Crippen molar-refractivity contribution < 1.29 is 4.74 Å². The van der Waals surface area contributed by atoms with Gasteiger partial charge in [-0.3, -0.25) is 5.84 Å². The summed E-state index contributed by atoms with van der Waals surface area (Å²) in [6.45, 7) is 0.805. The van der Waals surface area contributed by atoms with Gasteiger partial charge in [0.25, 0.3) is 0 Å². The maximum Gasteiger partial charge on any atom is 0.194 e. The van der Waals surface area contributed by atoms with Gasteiger partial charge in [0.1, 0.15) is 11.8 Å². The molecule has 0 radical (unpaired) electrons. The van der Waals surface area contributed by atoms with Crippen LogP contribution in [0.2, 0.25) is 0 Å². The van der Waals surface area contributed by atoms with Gasteiger partial charge in [0.05, 0.1) is 22.4 Å². The summed E-state index contributed by atoms with van der Waals surface area (Å²) in [5.74, 6) is 7.20. The van der Waals surface area contributed by atoms with Crippen molar-refractivity contribution in [1.29, 1.82) is 5.26 Å². The molecule has 0 atom stereocenters. The first kappa shape index (κ1) is 26.6. The Morgan fingerprint density at radius 3 is 2.56 bits per heavy atom. The lowest BCUT2D eigenvalue weighted by molar-refractivity contribution is 0.195. The molecule has 2 saturated carbocycles. The van der Waals surface area contributed by atoms with Gasteiger partial charge in [-0.25, -0.2) is 9.99 Å². The lowest BCUT2D eigenvalue weighted by Crippen LogP contribution is -2.38. The predicted octanol–water partition coefficient (Wildman–Crippen LogP) is 6.56. The topological polar surface area (TPSA) is 113 Å². The van der Waals surface area contributed by atoms with Crippen LogP contribution < -0.4 is 21.0 Å². The van der Waals surface area contributed by atoms with E-state index in [1.54, 1.807) is 23.5 Å². The first-order chi connectivity index (χ1) is 17.5. The van der Waals surface area contributed by atoms with Gasteiger partial charge in [-0.1, -0.05) is 43.4 Å². The van der Waals surface area contributed by atoms with Crippen molar-refractivity contribution in [2.24, 2.45) is 11.8 Å². The fourth-order valence-electron chi connectivity index (χ4n) is 4.74. The Morgan fingerprint density at radius 2 is 1.86 bits per heavy atom. The third kappa shape index (κ3) is 7.50. The number of nitrogens with two attached hydrogens (primary N) is 2. The van der Waals surface area contributed by atoms with E-state index in [1.807, 2.05) is 30.3 Å². The molecule has 0 unspecified atom stereocenters. The van der Waals surface area contributed by atoms with Crippen molar-refractivity contribution in [3.05, 3.63) is 42.0 Å². The fourth-order valence-corrected chi connectivity index (χ4v) is 6.37. The maximum atomic E-state index is 9.24. The number of nitriles is 1. The number of aromatic nitrogens is 1. The van der Waals surface area contributed by atoms with E-state index >= 15 is 0 Å². The number of nitrogen functional groups attached to an aromatic ring is 1. The standard InChI is InChI=1S/C20H20N4OS2.C7H16N2/c21-11-14-9-15(22)5-8-18(14)27-24-20-23-17-7-6-16(10-19(17)26-20)25-12-13-3-1-2-4-13;1-9(8)7-5-3-2-4-6-7/h5-10,13H,1-4,12,22H2,(H,23,24);7H,2-6,8H2,1H3. The number of fused-ring (bicyclic) bond motifs is 1. The maximum absolute atomic E-state index is 9.24. The molecule has 0 saturated heterocycles. The van der Waals surface area contributed by atoms with Crippen molar-refractivity contribution in [3.8, 4) is 11.8 Å². The number of anilines is 2. The number of nitrogens with one attached hydrogen (secondary N) is 1. The van der Waals surface area contributed by atoms with Gasteiger partial charge in [0.15, 0.2) is 5.13 Å². The minimum atomic E-state index is 0.552. The largest absolute Gasteiger partial charge is 0.493 e. The Balaban J connectivity index is 0.000000286. The molecule has 5 N–H and O–H groups in total. The Morgan fingerprint density at radius 1 is 1.11 bits per heavy atom. The average Bonchev–Trinajstić information content (AvgIpc) is 3.57. The highest BCUT2D eigenvalue weighted by molar-refractivity contribution is 8.00. The smallest absolute Gasteiger partial charge is 0.194 e. The van der Waals surface area contributed by atoms with Crippen LogP contribution in [0.1, 0.15) is 63.4 Å². The molecule has 2 fully saturated rings. The molecular formula is C27H36N6OS2. The van der Waals surface area contributed by atoms with E-state index in [2.05, 4.69) is 21.8 Å². The van der Waals surface area contributed by atoms with E-state index < -0.39 is 0 Å². The number of hydrogen-bond acceptors (Lipinski definition) is 9. The molecule has 2 aromatic carbocycles. The lowest BCUT2D eigenvalue weighted by atomic mass is 9.95. The number of rotatable bonds is 7. The molecule has 1 heterocycles. The van der Waals surface area contributed by atoms with Gasteiger partial charge in [-0.2, -0.15) is 5.26 Å². The molecule has 0 aliphatic heterocycles. The van der Waals surface area contributed by atoms with E-state index in [0.29, 0.717) is 23.2 Å². The van der Waals surface area contributed by atoms with Gasteiger partial charge in [-0.05, 0) is 79.9 Å². The normalized spacial score (nSPS) is 16.5. The minimum absolute atomic E-state index is 0.552. The van der Waals surface area contributed by atoms with E-state index in [4.69, 9.17) is 16.3 Å². The lowest BCUT2D eigenvalue weighted by Gasteiger charge is -2.27. The average molecular weight is 525 g/mol. The Bertz CT molecular complexity index is 1160.